The number of hydrogen-bond donors (Lipinski definition) is 2. The Morgan fingerprint density at radius 3 is 2.77 bits per heavy atom. The molecule has 1 amide bonds. The predicted molar refractivity (Wildman–Crippen MR) is 118 cm³/mol. The number of nitrogens with one attached hydrogen (secondary N) is 2. The van der Waals surface area contributed by atoms with Crippen molar-refractivity contribution < 1.29 is 14.3 Å². The van der Waals surface area contributed by atoms with Gasteiger partial charge in [-0.2, -0.15) is 5.10 Å². The Hall–Kier alpha value is -3.99. The molecule has 31 heavy (non-hydrogen) atoms. The summed E-state index contributed by atoms with van der Waals surface area (Å²) in [5.74, 6) is 8.35. The monoisotopic (exact) mass is 417 g/mol. The molecule has 3 aromatic rings. The van der Waals surface area contributed by atoms with E-state index in [0.29, 0.717) is 36.1 Å². The molecule has 1 aliphatic rings. The van der Waals surface area contributed by atoms with Crippen molar-refractivity contribution in [1.29, 1.82) is 0 Å². The van der Waals surface area contributed by atoms with Crippen molar-refractivity contribution in [3.8, 4) is 23.3 Å². The fraction of sp³-hybridized carbons (Fsp3) is 0.261. The van der Waals surface area contributed by atoms with E-state index in [1.807, 2.05) is 18.2 Å². The van der Waals surface area contributed by atoms with Gasteiger partial charge in [-0.3, -0.25) is 9.89 Å². The van der Waals surface area contributed by atoms with Crippen LogP contribution < -0.4 is 14.8 Å². The molecule has 8 nitrogen and oxygen atoms in total. The third-order valence-corrected chi connectivity index (χ3v) is 5.17. The molecule has 1 atom stereocenters. The summed E-state index contributed by atoms with van der Waals surface area (Å²) in [4.78, 5) is 18.0. The standard InChI is InChI=1S/C23H23N5O3/c1-4-20(29)28-10-8-17(14-28)25-23-21-16(7-9-24-22(21)26-27-23)6-5-15-11-18(30-2)13-19(12-15)31-3/h4,7,9,11-13,17H,1,8,10,14H2,2-3H3,(H2,24,25,26,27)/t17-/m0/s1. The zero-order valence-electron chi connectivity index (χ0n) is 17.4. The highest BCUT2D eigenvalue weighted by atomic mass is 16.5. The number of pyridine rings is 1. The number of aromatic nitrogens is 3. The van der Waals surface area contributed by atoms with E-state index in [4.69, 9.17) is 9.47 Å². The second-order valence-electron chi connectivity index (χ2n) is 7.12. The summed E-state index contributed by atoms with van der Waals surface area (Å²) in [6.07, 6.45) is 3.87. The molecule has 0 saturated carbocycles. The van der Waals surface area contributed by atoms with Gasteiger partial charge in [0.25, 0.3) is 0 Å². The summed E-state index contributed by atoms with van der Waals surface area (Å²) in [5.41, 5.74) is 2.21. The van der Waals surface area contributed by atoms with E-state index in [2.05, 4.69) is 38.9 Å². The number of H-pyrrole nitrogens is 1. The number of methoxy groups -OCH3 is 2. The second-order valence-corrected chi connectivity index (χ2v) is 7.12. The van der Waals surface area contributed by atoms with Crippen LogP contribution in [0.5, 0.6) is 11.5 Å². The zero-order chi connectivity index (χ0) is 21.8. The normalized spacial score (nSPS) is 15.3. The van der Waals surface area contributed by atoms with E-state index < -0.39 is 0 Å². The van der Waals surface area contributed by atoms with Crippen molar-refractivity contribution in [2.45, 2.75) is 12.5 Å². The minimum Gasteiger partial charge on any atom is -0.497 e. The van der Waals surface area contributed by atoms with Crippen LogP contribution in [0.3, 0.4) is 0 Å². The third kappa shape index (κ3) is 4.31. The van der Waals surface area contributed by atoms with Gasteiger partial charge in [-0.15, -0.1) is 0 Å². The summed E-state index contributed by atoms with van der Waals surface area (Å²) in [6, 6.07) is 7.46. The molecule has 2 N–H and O–H groups in total. The number of benzene rings is 1. The quantitative estimate of drug-likeness (QED) is 0.490. The van der Waals surface area contributed by atoms with E-state index in [0.717, 1.165) is 22.9 Å². The number of rotatable bonds is 5. The van der Waals surface area contributed by atoms with Crippen LogP contribution in [0.4, 0.5) is 5.82 Å². The molecule has 4 rings (SSSR count). The first kappa shape index (κ1) is 20.3. The molecule has 0 aliphatic carbocycles. The Balaban J connectivity index is 1.63. The Labute approximate surface area is 180 Å². The van der Waals surface area contributed by atoms with E-state index in [1.54, 1.807) is 31.4 Å². The molecule has 0 bridgehead atoms. The molecule has 1 aliphatic heterocycles. The maximum absolute atomic E-state index is 11.9. The number of anilines is 1. The van der Waals surface area contributed by atoms with Gasteiger partial charge < -0.3 is 19.7 Å². The van der Waals surface area contributed by atoms with Gasteiger partial charge in [0.05, 0.1) is 19.6 Å². The number of carbonyl (C=O) groups excluding carboxylic acids is 1. The van der Waals surface area contributed by atoms with Crippen LogP contribution in [0.15, 0.2) is 43.1 Å². The van der Waals surface area contributed by atoms with Crippen molar-refractivity contribution in [3.63, 3.8) is 0 Å². The number of fused-ring (bicyclic) bond motifs is 1. The Morgan fingerprint density at radius 2 is 2.06 bits per heavy atom. The van der Waals surface area contributed by atoms with Crippen molar-refractivity contribution >= 4 is 22.8 Å². The zero-order valence-corrected chi connectivity index (χ0v) is 17.4. The lowest BCUT2D eigenvalue weighted by atomic mass is 10.1. The fourth-order valence-corrected chi connectivity index (χ4v) is 3.58. The fourth-order valence-electron chi connectivity index (χ4n) is 3.58. The first-order chi connectivity index (χ1) is 15.1. The lowest BCUT2D eigenvalue weighted by Gasteiger charge is -2.15. The highest BCUT2D eigenvalue weighted by molar-refractivity contribution is 5.93. The van der Waals surface area contributed by atoms with Crippen LogP contribution in [0, 0.1) is 11.8 Å². The molecule has 0 spiro atoms. The van der Waals surface area contributed by atoms with Gasteiger partial charge >= 0.3 is 0 Å². The van der Waals surface area contributed by atoms with Gasteiger partial charge in [0.15, 0.2) is 11.5 Å². The van der Waals surface area contributed by atoms with Gasteiger partial charge in [0.1, 0.15) is 11.5 Å². The first-order valence-corrected chi connectivity index (χ1v) is 9.87. The average Bonchev–Trinajstić information content (AvgIpc) is 3.44. The Bertz CT molecular complexity index is 1170. The molecule has 2 aromatic heterocycles. The highest BCUT2D eigenvalue weighted by Gasteiger charge is 2.26. The predicted octanol–water partition coefficient (Wildman–Crippen LogP) is 2.57. The number of nitrogens with zero attached hydrogens (tertiary/aromatic N) is 3. The van der Waals surface area contributed by atoms with Gasteiger partial charge in [0.2, 0.25) is 5.91 Å². The lowest BCUT2D eigenvalue weighted by molar-refractivity contribution is -0.125. The van der Waals surface area contributed by atoms with Crippen LogP contribution in [0.2, 0.25) is 0 Å². The number of ether oxygens (including phenoxy) is 2. The maximum atomic E-state index is 11.9. The number of amides is 1. The van der Waals surface area contributed by atoms with Crippen LogP contribution in [0.25, 0.3) is 11.0 Å². The molecule has 0 radical (unpaired) electrons. The molecule has 8 heteroatoms. The van der Waals surface area contributed by atoms with E-state index in [-0.39, 0.29) is 11.9 Å². The summed E-state index contributed by atoms with van der Waals surface area (Å²) in [6.45, 7) is 4.85. The number of hydrogen-bond acceptors (Lipinski definition) is 6. The molecule has 158 valence electrons. The second kappa shape index (κ2) is 8.79. The average molecular weight is 417 g/mol. The topological polar surface area (TPSA) is 92.4 Å². The largest absolute Gasteiger partial charge is 0.497 e. The first-order valence-electron chi connectivity index (χ1n) is 9.87. The number of aromatic amines is 1. The SMILES string of the molecule is C=CC(=O)N1CC[C@H](Nc2n[nH]c3nccc(C#Cc4cc(OC)cc(OC)c4)c23)C1. The maximum Gasteiger partial charge on any atom is 0.246 e. The van der Waals surface area contributed by atoms with Crippen molar-refractivity contribution in [2.75, 3.05) is 32.6 Å². The molecule has 1 fully saturated rings. The van der Waals surface area contributed by atoms with Crippen LogP contribution >= 0.6 is 0 Å². The molecule has 1 saturated heterocycles. The summed E-state index contributed by atoms with van der Waals surface area (Å²) in [7, 11) is 3.21. The van der Waals surface area contributed by atoms with Crippen LogP contribution in [-0.2, 0) is 4.79 Å². The van der Waals surface area contributed by atoms with Crippen molar-refractivity contribution in [1.82, 2.24) is 20.1 Å². The van der Waals surface area contributed by atoms with Gasteiger partial charge in [0, 0.05) is 42.5 Å². The molecular formula is C23H23N5O3. The molecule has 1 aromatic carbocycles. The molecule has 0 unspecified atom stereocenters. The number of carbonyl (C=O) groups is 1. The summed E-state index contributed by atoms with van der Waals surface area (Å²) in [5, 5.41) is 11.6. The Morgan fingerprint density at radius 1 is 1.29 bits per heavy atom. The summed E-state index contributed by atoms with van der Waals surface area (Å²) >= 11 is 0. The highest BCUT2D eigenvalue weighted by Crippen LogP contribution is 2.26. The molecular weight excluding hydrogens is 394 g/mol. The van der Waals surface area contributed by atoms with Crippen LogP contribution in [0.1, 0.15) is 17.5 Å². The smallest absolute Gasteiger partial charge is 0.246 e. The van der Waals surface area contributed by atoms with E-state index >= 15 is 0 Å². The number of likely N-dealkylation sites (tertiary alicyclic amines) is 1. The lowest BCUT2D eigenvalue weighted by Crippen LogP contribution is -2.30. The Kier molecular flexibility index (Phi) is 5.76. The van der Waals surface area contributed by atoms with Gasteiger partial charge in [-0.25, -0.2) is 4.98 Å². The minimum absolute atomic E-state index is 0.0573. The van der Waals surface area contributed by atoms with E-state index in [1.165, 1.54) is 6.08 Å². The van der Waals surface area contributed by atoms with Gasteiger partial charge in [-0.1, -0.05) is 18.4 Å². The minimum atomic E-state index is -0.0573. The van der Waals surface area contributed by atoms with E-state index in [9.17, 15) is 4.79 Å². The van der Waals surface area contributed by atoms with Gasteiger partial charge in [-0.05, 0) is 30.7 Å². The van der Waals surface area contributed by atoms with Crippen molar-refractivity contribution in [2.24, 2.45) is 0 Å². The third-order valence-electron chi connectivity index (χ3n) is 5.17. The molecule has 3 heterocycles. The van der Waals surface area contributed by atoms with Crippen molar-refractivity contribution in [3.05, 3.63) is 54.2 Å². The summed E-state index contributed by atoms with van der Waals surface area (Å²) < 4.78 is 10.6. The van der Waals surface area contributed by atoms with Crippen LogP contribution in [-0.4, -0.2) is 59.3 Å².